The minimum atomic E-state index is -4.84. The van der Waals surface area contributed by atoms with Crippen molar-refractivity contribution < 1.29 is 22.7 Å². The summed E-state index contributed by atoms with van der Waals surface area (Å²) in [5, 5.41) is 14.2. The van der Waals surface area contributed by atoms with E-state index in [1.54, 1.807) is 6.92 Å². The van der Waals surface area contributed by atoms with E-state index < -0.39 is 23.7 Å². The Morgan fingerprint density at radius 3 is 2.62 bits per heavy atom. The van der Waals surface area contributed by atoms with Crippen LogP contribution in [0.25, 0.3) is 0 Å². The third-order valence-corrected chi connectivity index (χ3v) is 3.29. The van der Waals surface area contributed by atoms with Crippen molar-refractivity contribution in [1.29, 1.82) is 0 Å². The summed E-state index contributed by atoms with van der Waals surface area (Å²) < 4.78 is 52.7. The molecule has 1 aromatic heterocycles. The average Bonchev–Trinajstić information content (AvgIpc) is 2.78. The molecule has 0 amide bonds. The van der Waals surface area contributed by atoms with Crippen molar-refractivity contribution in [3.63, 3.8) is 0 Å². The van der Waals surface area contributed by atoms with Gasteiger partial charge in [0.05, 0.1) is 22.5 Å². The molecule has 1 aromatic carbocycles. The van der Waals surface area contributed by atoms with E-state index in [1.165, 1.54) is 10.9 Å². The molecule has 0 spiro atoms. The van der Waals surface area contributed by atoms with Crippen LogP contribution >= 0.6 is 11.6 Å². The Balaban J connectivity index is 2.49. The highest BCUT2D eigenvalue weighted by Crippen LogP contribution is 2.35. The van der Waals surface area contributed by atoms with Gasteiger partial charge in [-0.15, -0.1) is 0 Å². The summed E-state index contributed by atoms with van der Waals surface area (Å²) in [6, 6.07) is 2.32. The lowest BCUT2D eigenvalue weighted by Crippen LogP contribution is -2.13. The average molecular weight is 323 g/mol. The SMILES string of the molecule is CCn1ncc(Cl)c1C(O)c1ccc(F)c(C(F)(F)F)c1. The number of aryl methyl sites for hydroxylation is 1. The van der Waals surface area contributed by atoms with E-state index in [1.807, 2.05) is 0 Å². The molecule has 0 aliphatic rings. The zero-order valence-electron chi connectivity index (χ0n) is 10.8. The highest BCUT2D eigenvalue weighted by molar-refractivity contribution is 6.31. The highest BCUT2D eigenvalue weighted by atomic mass is 35.5. The maximum atomic E-state index is 13.3. The molecule has 1 atom stereocenters. The minimum absolute atomic E-state index is 0.110. The van der Waals surface area contributed by atoms with Crippen LogP contribution in [-0.2, 0) is 12.7 Å². The van der Waals surface area contributed by atoms with E-state index in [2.05, 4.69) is 5.10 Å². The van der Waals surface area contributed by atoms with Gasteiger partial charge in [0.25, 0.3) is 0 Å². The van der Waals surface area contributed by atoms with Crippen LogP contribution in [0.1, 0.15) is 29.8 Å². The minimum Gasteiger partial charge on any atom is -0.382 e. The fraction of sp³-hybridized carbons (Fsp3) is 0.308. The summed E-state index contributed by atoms with van der Waals surface area (Å²) in [6.07, 6.45) is -4.98. The van der Waals surface area contributed by atoms with E-state index in [9.17, 15) is 22.7 Å². The van der Waals surface area contributed by atoms with Gasteiger partial charge in [0, 0.05) is 6.54 Å². The Morgan fingerprint density at radius 2 is 2.05 bits per heavy atom. The Labute approximate surface area is 122 Å². The summed E-state index contributed by atoms with van der Waals surface area (Å²) in [7, 11) is 0. The van der Waals surface area contributed by atoms with Gasteiger partial charge in [-0.2, -0.15) is 18.3 Å². The van der Waals surface area contributed by atoms with Gasteiger partial charge < -0.3 is 5.11 Å². The van der Waals surface area contributed by atoms with Gasteiger partial charge in [-0.3, -0.25) is 4.68 Å². The summed E-state index contributed by atoms with van der Waals surface area (Å²) >= 11 is 5.89. The second kappa shape index (κ2) is 5.65. The number of aromatic nitrogens is 2. The van der Waals surface area contributed by atoms with Crippen LogP contribution in [-0.4, -0.2) is 14.9 Å². The van der Waals surface area contributed by atoms with Gasteiger partial charge in [-0.25, -0.2) is 4.39 Å². The first-order valence-electron chi connectivity index (χ1n) is 6.01. The molecule has 2 rings (SSSR count). The number of aliphatic hydroxyl groups excluding tert-OH is 1. The highest BCUT2D eigenvalue weighted by Gasteiger charge is 2.35. The molecule has 0 radical (unpaired) electrons. The van der Waals surface area contributed by atoms with E-state index in [-0.39, 0.29) is 16.3 Å². The summed E-state index contributed by atoms with van der Waals surface area (Å²) in [4.78, 5) is 0. The first-order valence-corrected chi connectivity index (χ1v) is 6.39. The Kier molecular flexibility index (Phi) is 4.25. The van der Waals surface area contributed by atoms with E-state index in [4.69, 9.17) is 11.6 Å². The maximum Gasteiger partial charge on any atom is 0.419 e. The topological polar surface area (TPSA) is 38.0 Å². The third-order valence-electron chi connectivity index (χ3n) is 3.00. The quantitative estimate of drug-likeness (QED) is 0.873. The monoisotopic (exact) mass is 322 g/mol. The van der Waals surface area contributed by atoms with Crippen molar-refractivity contribution >= 4 is 11.6 Å². The first kappa shape index (κ1) is 15.8. The first-order chi connectivity index (χ1) is 9.75. The van der Waals surface area contributed by atoms with E-state index in [0.717, 1.165) is 6.07 Å². The van der Waals surface area contributed by atoms with E-state index >= 15 is 0 Å². The predicted molar refractivity (Wildman–Crippen MR) is 68.4 cm³/mol. The molecule has 0 aliphatic carbocycles. The van der Waals surface area contributed by atoms with Gasteiger partial charge in [0.2, 0.25) is 0 Å². The lowest BCUT2D eigenvalue weighted by atomic mass is 10.0. The Morgan fingerprint density at radius 1 is 1.38 bits per heavy atom. The number of rotatable bonds is 3. The van der Waals surface area contributed by atoms with Crippen LogP contribution in [0.5, 0.6) is 0 Å². The summed E-state index contributed by atoms with van der Waals surface area (Å²) in [5.74, 6) is -1.39. The van der Waals surface area contributed by atoms with Crippen LogP contribution in [0.4, 0.5) is 17.6 Å². The molecule has 114 valence electrons. The molecule has 21 heavy (non-hydrogen) atoms. The fourth-order valence-corrected chi connectivity index (χ4v) is 2.23. The second-order valence-electron chi connectivity index (χ2n) is 4.33. The van der Waals surface area contributed by atoms with Crippen LogP contribution in [0.2, 0.25) is 5.02 Å². The zero-order chi connectivity index (χ0) is 15.8. The smallest absolute Gasteiger partial charge is 0.382 e. The van der Waals surface area contributed by atoms with Crippen LogP contribution in [0.15, 0.2) is 24.4 Å². The van der Waals surface area contributed by atoms with Crippen molar-refractivity contribution in [2.24, 2.45) is 0 Å². The van der Waals surface area contributed by atoms with Gasteiger partial charge >= 0.3 is 6.18 Å². The van der Waals surface area contributed by atoms with Crippen molar-refractivity contribution in [2.75, 3.05) is 0 Å². The number of alkyl halides is 3. The number of aliphatic hydroxyl groups is 1. The molecule has 2 aromatic rings. The van der Waals surface area contributed by atoms with Gasteiger partial charge in [-0.05, 0) is 24.6 Å². The zero-order valence-corrected chi connectivity index (χ0v) is 11.6. The molecular weight excluding hydrogens is 312 g/mol. The number of halogens is 5. The van der Waals surface area contributed by atoms with Gasteiger partial charge in [0.1, 0.15) is 11.9 Å². The molecule has 0 saturated carbocycles. The molecule has 1 heterocycles. The standard InChI is InChI=1S/C13H11ClF4N2O/c1-2-20-11(9(14)6-19-20)12(21)7-3-4-10(15)8(5-7)13(16,17)18/h3-6,12,21H,2H2,1H3. The van der Waals surface area contributed by atoms with Crippen molar-refractivity contribution in [1.82, 2.24) is 9.78 Å². The van der Waals surface area contributed by atoms with Gasteiger partial charge in [0.15, 0.2) is 0 Å². The van der Waals surface area contributed by atoms with Gasteiger partial charge in [-0.1, -0.05) is 17.7 Å². The fourth-order valence-electron chi connectivity index (χ4n) is 1.98. The molecule has 3 nitrogen and oxygen atoms in total. The van der Waals surface area contributed by atoms with Crippen LogP contribution in [0, 0.1) is 5.82 Å². The normalized spacial score (nSPS) is 13.5. The summed E-state index contributed by atoms with van der Waals surface area (Å²) in [6.45, 7) is 2.12. The molecular formula is C13H11ClF4N2O. The Hall–Kier alpha value is -1.60. The molecule has 1 unspecified atom stereocenters. The number of hydrogen-bond acceptors (Lipinski definition) is 2. The summed E-state index contributed by atoms with van der Waals surface area (Å²) in [5.41, 5.74) is -1.38. The van der Waals surface area contributed by atoms with Crippen molar-refractivity contribution in [3.05, 3.63) is 52.1 Å². The maximum absolute atomic E-state index is 13.3. The van der Waals surface area contributed by atoms with Crippen molar-refractivity contribution in [2.45, 2.75) is 25.7 Å². The van der Waals surface area contributed by atoms with Crippen LogP contribution < -0.4 is 0 Å². The molecule has 8 heteroatoms. The largest absolute Gasteiger partial charge is 0.419 e. The van der Waals surface area contributed by atoms with Crippen molar-refractivity contribution in [3.8, 4) is 0 Å². The lowest BCUT2D eigenvalue weighted by Gasteiger charge is -2.16. The lowest BCUT2D eigenvalue weighted by molar-refractivity contribution is -0.140. The van der Waals surface area contributed by atoms with Crippen LogP contribution in [0.3, 0.4) is 0 Å². The molecule has 1 N–H and O–H groups in total. The molecule has 0 fully saturated rings. The molecule has 0 aliphatic heterocycles. The molecule has 0 saturated heterocycles. The number of benzene rings is 1. The number of nitrogens with zero attached hydrogens (tertiary/aromatic N) is 2. The third kappa shape index (κ3) is 3.03. The Bertz CT molecular complexity index is 654. The second-order valence-corrected chi connectivity index (χ2v) is 4.74. The van der Waals surface area contributed by atoms with E-state index in [0.29, 0.717) is 18.7 Å². The molecule has 0 bridgehead atoms. The predicted octanol–water partition coefficient (Wildman–Crippen LogP) is 3.80. The number of hydrogen-bond donors (Lipinski definition) is 1.